The van der Waals surface area contributed by atoms with Crippen LogP contribution in [0.3, 0.4) is 0 Å². The Kier molecular flexibility index (Phi) is 6.23. The molecule has 0 unspecified atom stereocenters. The Labute approximate surface area is 129 Å². The SMILES string of the molecule is CC(C)(C)C(C(=O)O)(N(CCBr)CC(=O)O)C(C)(C)C. The monoisotopic (exact) mass is 351 g/mol. The number of hydrogen-bond donors (Lipinski definition) is 2. The second-order valence-electron chi connectivity index (χ2n) is 7.02. The summed E-state index contributed by atoms with van der Waals surface area (Å²) in [5.74, 6) is -2.01. The molecule has 0 aromatic carbocycles. The molecular formula is C14H26BrNO4. The number of nitrogens with zero attached hydrogens (tertiary/aromatic N) is 1. The molecular weight excluding hydrogens is 326 g/mol. The lowest BCUT2D eigenvalue weighted by molar-refractivity contribution is -0.177. The van der Waals surface area contributed by atoms with Gasteiger partial charge in [-0.3, -0.25) is 14.5 Å². The number of carboxylic acids is 2. The minimum absolute atomic E-state index is 0.299. The number of aliphatic carboxylic acids is 2. The Morgan fingerprint density at radius 3 is 1.60 bits per heavy atom. The van der Waals surface area contributed by atoms with Gasteiger partial charge in [0, 0.05) is 11.9 Å². The van der Waals surface area contributed by atoms with Crippen LogP contribution in [0.1, 0.15) is 41.5 Å². The molecule has 0 aromatic rings. The van der Waals surface area contributed by atoms with Crippen LogP contribution in [-0.2, 0) is 9.59 Å². The second kappa shape index (κ2) is 6.43. The summed E-state index contributed by atoms with van der Waals surface area (Å²) in [5, 5.41) is 19.6. The molecule has 0 heterocycles. The summed E-state index contributed by atoms with van der Waals surface area (Å²) in [5.41, 5.74) is -2.55. The second-order valence-corrected chi connectivity index (χ2v) is 7.81. The summed E-state index contributed by atoms with van der Waals surface area (Å²) in [6.07, 6.45) is 0. The maximum absolute atomic E-state index is 12.2. The van der Waals surface area contributed by atoms with E-state index in [1.165, 1.54) is 0 Å². The molecule has 0 atom stereocenters. The number of rotatable bonds is 6. The number of carbonyl (C=O) groups is 2. The van der Waals surface area contributed by atoms with E-state index >= 15 is 0 Å². The molecule has 2 N–H and O–H groups in total. The Morgan fingerprint density at radius 2 is 1.40 bits per heavy atom. The van der Waals surface area contributed by atoms with Crippen LogP contribution in [0.2, 0.25) is 0 Å². The van der Waals surface area contributed by atoms with Crippen LogP contribution < -0.4 is 0 Å². The van der Waals surface area contributed by atoms with Crippen molar-refractivity contribution in [3.63, 3.8) is 0 Å². The van der Waals surface area contributed by atoms with Gasteiger partial charge in [0.05, 0.1) is 6.54 Å². The third-order valence-electron chi connectivity index (χ3n) is 3.64. The summed E-state index contributed by atoms with van der Waals surface area (Å²) in [6, 6.07) is 0. The van der Waals surface area contributed by atoms with Crippen LogP contribution in [0, 0.1) is 10.8 Å². The van der Waals surface area contributed by atoms with Crippen molar-refractivity contribution in [2.45, 2.75) is 47.1 Å². The largest absolute Gasteiger partial charge is 0.480 e. The van der Waals surface area contributed by atoms with Gasteiger partial charge in [-0.1, -0.05) is 57.5 Å². The van der Waals surface area contributed by atoms with Crippen LogP contribution in [0.4, 0.5) is 0 Å². The molecule has 0 amide bonds. The maximum atomic E-state index is 12.2. The first kappa shape index (κ1) is 19.4. The van der Waals surface area contributed by atoms with Crippen molar-refractivity contribution in [2.24, 2.45) is 10.8 Å². The standard InChI is InChI=1S/C14H26BrNO4/c1-12(2,3)14(11(19)20,13(4,5)6)16(8-7-15)9-10(17)18/h7-9H2,1-6H3,(H,17,18)(H,19,20). The van der Waals surface area contributed by atoms with Crippen molar-refractivity contribution in [1.29, 1.82) is 0 Å². The van der Waals surface area contributed by atoms with Crippen molar-refractivity contribution in [2.75, 3.05) is 18.4 Å². The normalized spacial score (nSPS) is 13.6. The first-order valence-electron chi connectivity index (χ1n) is 6.58. The van der Waals surface area contributed by atoms with E-state index in [4.69, 9.17) is 5.11 Å². The van der Waals surface area contributed by atoms with Gasteiger partial charge in [-0.25, -0.2) is 0 Å². The van der Waals surface area contributed by atoms with Crippen LogP contribution in [0.5, 0.6) is 0 Å². The number of halogens is 1. The molecule has 0 fully saturated rings. The highest BCUT2D eigenvalue weighted by atomic mass is 79.9. The zero-order chi connectivity index (χ0) is 16.4. The third-order valence-corrected chi connectivity index (χ3v) is 3.99. The fourth-order valence-corrected chi connectivity index (χ4v) is 3.91. The fraction of sp³-hybridized carbons (Fsp3) is 0.857. The van der Waals surface area contributed by atoms with Gasteiger partial charge < -0.3 is 10.2 Å². The Morgan fingerprint density at radius 1 is 1.00 bits per heavy atom. The minimum atomic E-state index is -1.29. The molecule has 5 nitrogen and oxygen atoms in total. The predicted molar refractivity (Wildman–Crippen MR) is 82.3 cm³/mol. The molecule has 0 radical (unpaired) electrons. The highest BCUT2D eigenvalue weighted by molar-refractivity contribution is 9.09. The summed E-state index contributed by atoms with van der Waals surface area (Å²) in [6.45, 7) is 11.1. The van der Waals surface area contributed by atoms with E-state index < -0.39 is 28.3 Å². The quantitative estimate of drug-likeness (QED) is 0.719. The molecule has 0 aliphatic heterocycles. The van der Waals surface area contributed by atoms with Crippen LogP contribution >= 0.6 is 15.9 Å². The maximum Gasteiger partial charge on any atom is 0.325 e. The lowest BCUT2D eigenvalue weighted by Gasteiger charge is -2.55. The summed E-state index contributed by atoms with van der Waals surface area (Å²) in [4.78, 5) is 24.9. The van der Waals surface area contributed by atoms with Crippen molar-refractivity contribution in [1.82, 2.24) is 4.90 Å². The molecule has 6 heteroatoms. The Hall–Kier alpha value is -0.620. The molecule has 0 aliphatic rings. The van der Waals surface area contributed by atoms with Crippen molar-refractivity contribution >= 4 is 27.9 Å². The van der Waals surface area contributed by atoms with Gasteiger partial charge in [-0.2, -0.15) is 0 Å². The summed E-state index contributed by atoms with van der Waals surface area (Å²) < 4.78 is 0. The molecule has 0 rings (SSSR count). The first-order valence-corrected chi connectivity index (χ1v) is 7.70. The van der Waals surface area contributed by atoms with Gasteiger partial charge >= 0.3 is 11.9 Å². The lowest BCUT2D eigenvalue weighted by Crippen LogP contribution is -2.70. The van der Waals surface area contributed by atoms with Crippen LogP contribution in [0.25, 0.3) is 0 Å². The first-order chi connectivity index (χ1) is 8.82. The van der Waals surface area contributed by atoms with Gasteiger partial charge in [0.1, 0.15) is 5.54 Å². The van der Waals surface area contributed by atoms with E-state index in [1.54, 1.807) is 4.90 Å². The minimum Gasteiger partial charge on any atom is -0.480 e. The Balaban J connectivity index is 6.18. The van der Waals surface area contributed by atoms with Gasteiger partial charge in [-0.05, 0) is 10.8 Å². The average molecular weight is 352 g/mol. The zero-order valence-corrected chi connectivity index (χ0v) is 14.7. The fourth-order valence-electron chi connectivity index (χ4n) is 3.48. The number of hydrogen-bond acceptors (Lipinski definition) is 3. The predicted octanol–water partition coefficient (Wildman–Crippen LogP) is 2.68. The van der Waals surface area contributed by atoms with Crippen molar-refractivity contribution < 1.29 is 19.8 Å². The van der Waals surface area contributed by atoms with Gasteiger partial charge in [0.2, 0.25) is 0 Å². The van der Waals surface area contributed by atoms with Gasteiger partial charge in [-0.15, -0.1) is 0 Å². The zero-order valence-electron chi connectivity index (χ0n) is 13.2. The molecule has 0 bridgehead atoms. The average Bonchev–Trinajstić information content (AvgIpc) is 2.11. The van der Waals surface area contributed by atoms with E-state index in [1.807, 2.05) is 41.5 Å². The summed E-state index contributed by atoms with van der Waals surface area (Å²) >= 11 is 3.29. The van der Waals surface area contributed by atoms with E-state index in [2.05, 4.69) is 15.9 Å². The molecule has 20 heavy (non-hydrogen) atoms. The molecule has 0 aliphatic carbocycles. The van der Waals surface area contributed by atoms with Crippen molar-refractivity contribution in [3.05, 3.63) is 0 Å². The van der Waals surface area contributed by atoms with E-state index in [0.29, 0.717) is 11.9 Å². The van der Waals surface area contributed by atoms with E-state index in [9.17, 15) is 14.7 Å². The number of carboxylic acid groups (broad SMARTS) is 2. The molecule has 0 aromatic heterocycles. The topological polar surface area (TPSA) is 77.8 Å². The smallest absolute Gasteiger partial charge is 0.325 e. The van der Waals surface area contributed by atoms with Crippen molar-refractivity contribution in [3.8, 4) is 0 Å². The third kappa shape index (κ3) is 3.52. The van der Waals surface area contributed by atoms with Crippen LogP contribution in [0.15, 0.2) is 0 Å². The van der Waals surface area contributed by atoms with E-state index in [-0.39, 0.29) is 6.54 Å². The molecule has 0 saturated heterocycles. The Bertz CT molecular complexity index is 354. The highest BCUT2D eigenvalue weighted by Gasteiger charge is 2.60. The highest BCUT2D eigenvalue weighted by Crippen LogP contribution is 2.48. The van der Waals surface area contributed by atoms with Gasteiger partial charge in [0.15, 0.2) is 0 Å². The van der Waals surface area contributed by atoms with E-state index in [0.717, 1.165) is 0 Å². The number of alkyl halides is 1. The van der Waals surface area contributed by atoms with Gasteiger partial charge in [0.25, 0.3) is 0 Å². The molecule has 0 saturated carbocycles. The summed E-state index contributed by atoms with van der Waals surface area (Å²) in [7, 11) is 0. The molecule has 0 spiro atoms. The molecule has 118 valence electrons. The van der Waals surface area contributed by atoms with Crippen LogP contribution in [-0.4, -0.2) is 51.0 Å². The lowest BCUT2D eigenvalue weighted by atomic mass is 9.59.